The number of ether oxygens (including phenoxy) is 1. The van der Waals surface area contributed by atoms with Crippen LogP contribution >= 0.6 is 12.4 Å². The number of halogens is 2. The number of aromatic nitrogens is 2. The van der Waals surface area contributed by atoms with Gasteiger partial charge in [-0.25, -0.2) is 4.39 Å². The number of nitrogens with two attached hydrogens (primary N) is 1. The molecule has 8 heteroatoms. The molecule has 0 aliphatic carbocycles. The second-order valence-electron chi connectivity index (χ2n) is 7.46. The van der Waals surface area contributed by atoms with Crippen molar-refractivity contribution in [2.75, 3.05) is 13.1 Å². The summed E-state index contributed by atoms with van der Waals surface area (Å²) >= 11 is 0. The molecule has 2 heterocycles. The van der Waals surface area contributed by atoms with Gasteiger partial charge in [-0.3, -0.25) is 9.48 Å². The highest BCUT2D eigenvalue weighted by Gasteiger charge is 2.28. The first-order valence-electron chi connectivity index (χ1n) is 9.34. The minimum absolute atomic E-state index is 0. The molecular formula is C20H28ClFN4O2. The monoisotopic (exact) mass is 410 g/mol. The molecular weight excluding hydrogens is 383 g/mol. The second-order valence-corrected chi connectivity index (χ2v) is 7.46. The molecule has 1 aromatic carbocycles. The van der Waals surface area contributed by atoms with Crippen molar-refractivity contribution >= 4 is 18.3 Å². The molecule has 28 heavy (non-hydrogen) atoms. The Bertz CT molecular complexity index is 803. The number of aryl methyl sites for hydroxylation is 1. The summed E-state index contributed by atoms with van der Waals surface area (Å²) in [4.78, 5) is 14.2. The average molecular weight is 411 g/mol. The maximum absolute atomic E-state index is 13.8. The smallest absolute Gasteiger partial charge is 0.239 e. The summed E-state index contributed by atoms with van der Waals surface area (Å²) < 4.78 is 21.6. The van der Waals surface area contributed by atoms with E-state index in [4.69, 9.17) is 10.5 Å². The van der Waals surface area contributed by atoms with Crippen LogP contribution in [0.25, 0.3) is 11.1 Å². The molecule has 1 aliphatic rings. The first-order valence-corrected chi connectivity index (χ1v) is 9.34. The minimum atomic E-state index is -0.461. The quantitative estimate of drug-likeness (QED) is 0.822. The van der Waals surface area contributed by atoms with Gasteiger partial charge in [0.1, 0.15) is 17.7 Å². The van der Waals surface area contributed by atoms with E-state index in [-0.39, 0.29) is 36.2 Å². The highest BCUT2D eigenvalue weighted by atomic mass is 35.5. The number of likely N-dealkylation sites (tertiary alicyclic amines) is 1. The van der Waals surface area contributed by atoms with Crippen LogP contribution < -0.4 is 10.5 Å². The van der Waals surface area contributed by atoms with Gasteiger partial charge in [0.05, 0.1) is 12.2 Å². The molecule has 6 nitrogen and oxygen atoms in total. The van der Waals surface area contributed by atoms with Crippen LogP contribution in [0.4, 0.5) is 4.39 Å². The summed E-state index contributed by atoms with van der Waals surface area (Å²) in [5.74, 6) is 0.436. The summed E-state index contributed by atoms with van der Waals surface area (Å²) in [6.45, 7) is 5.14. The van der Waals surface area contributed by atoms with Crippen molar-refractivity contribution in [3.8, 4) is 16.9 Å². The lowest BCUT2D eigenvalue weighted by atomic mass is 10.0. The topological polar surface area (TPSA) is 73.4 Å². The van der Waals surface area contributed by atoms with E-state index in [0.29, 0.717) is 24.4 Å². The molecule has 0 radical (unpaired) electrons. The molecule has 1 aromatic heterocycles. The number of nitrogens with zero attached hydrogens (tertiary/aromatic N) is 3. The highest BCUT2D eigenvalue weighted by molar-refractivity contribution is 5.85. The number of rotatable bonds is 5. The number of hydrogen-bond donors (Lipinski definition) is 1. The van der Waals surface area contributed by atoms with Crippen molar-refractivity contribution in [1.29, 1.82) is 0 Å². The van der Waals surface area contributed by atoms with Crippen molar-refractivity contribution in [1.82, 2.24) is 14.7 Å². The average Bonchev–Trinajstić information content (AvgIpc) is 3.08. The van der Waals surface area contributed by atoms with E-state index < -0.39 is 6.04 Å². The van der Waals surface area contributed by atoms with Gasteiger partial charge in [-0.2, -0.15) is 5.10 Å². The van der Waals surface area contributed by atoms with Crippen LogP contribution in [0.3, 0.4) is 0 Å². The molecule has 3 rings (SSSR count). The van der Waals surface area contributed by atoms with Crippen LogP contribution in [0.15, 0.2) is 30.6 Å². The molecule has 2 N–H and O–H groups in total. The molecule has 0 unspecified atom stereocenters. The zero-order chi connectivity index (χ0) is 19.6. The molecule has 2 aromatic rings. The number of benzene rings is 1. The molecule has 0 bridgehead atoms. The maximum atomic E-state index is 13.8. The Hall–Kier alpha value is -2.12. The third kappa shape index (κ3) is 5.02. The van der Waals surface area contributed by atoms with E-state index in [2.05, 4.69) is 5.10 Å². The van der Waals surface area contributed by atoms with Gasteiger partial charge in [0, 0.05) is 50.3 Å². The summed E-state index contributed by atoms with van der Waals surface area (Å²) in [6, 6.07) is 4.06. The fourth-order valence-electron chi connectivity index (χ4n) is 3.26. The molecule has 1 fully saturated rings. The molecule has 1 atom stereocenters. The lowest BCUT2D eigenvalue weighted by Crippen LogP contribution is -2.50. The molecule has 154 valence electrons. The molecule has 0 spiro atoms. The van der Waals surface area contributed by atoms with Gasteiger partial charge in [0.2, 0.25) is 5.91 Å². The number of piperidine rings is 1. The van der Waals surface area contributed by atoms with Crippen molar-refractivity contribution < 1.29 is 13.9 Å². The lowest BCUT2D eigenvalue weighted by Gasteiger charge is -2.34. The Balaban J connectivity index is 0.00000280. The van der Waals surface area contributed by atoms with Gasteiger partial charge in [-0.1, -0.05) is 13.8 Å². The van der Waals surface area contributed by atoms with E-state index in [0.717, 1.165) is 18.4 Å². The third-order valence-electron chi connectivity index (χ3n) is 5.01. The Morgan fingerprint density at radius 2 is 2.00 bits per heavy atom. The van der Waals surface area contributed by atoms with E-state index in [1.54, 1.807) is 16.9 Å². The van der Waals surface area contributed by atoms with Gasteiger partial charge in [0.15, 0.2) is 0 Å². The van der Waals surface area contributed by atoms with Gasteiger partial charge in [-0.15, -0.1) is 12.4 Å². The van der Waals surface area contributed by atoms with Crippen LogP contribution in [0, 0.1) is 11.7 Å². The normalized spacial score (nSPS) is 16.0. The fourth-order valence-corrected chi connectivity index (χ4v) is 3.26. The van der Waals surface area contributed by atoms with Crippen LogP contribution in [0.5, 0.6) is 5.75 Å². The summed E-state index contributed by atoms with van der Waals surface area (Å²) in [6.07, 6.45) is 4.94. The van der Waals surface area contributed by atoms with Crippen LogP contribution in [-0.4, -0.2) is 45.8 Å². The molecule has 1 amide bonds. The third-order valence-corrected chi connectivity index (χ3v) is 5.01. The Morgan fingerprint density at radius 1 is 1.32 bits per heavy atom. The fraction of sp³-hybridized carbons (Fsp3) is 0.500. The van der Waals surface area contributed by atoms with E-state index in [1.165, 1.54) is 12.1 Å². The summed E-state index contributed by atoms with van der Waals surface area (Å²) in [5.41, 5.74) is 7.48. The maximum Gasteiger partial charge on any atom is 0.239 e. The zero-order valence-electron chi connectivity index (χ0n) is 16.5. The van der Waals surface area contributed by atoms with E-state index >= 15 is 0 Å². The highest BCUT2D eigenvalue weighted by Crippen LogP contribution is 2.32. The predicted octanol–water partition coefficient (Wildman–Crippen LogP) is 3.00. The number of amides is 1. The Kier molecular flexibility index (Phi) is 7.43. The summed E-state index contributed by atoms with van der Waals surface area (Å²) in [7, 11) is 1.82. The predicted molar refractivity (Wildman–Crippen MR) is 109 cm³/mol. The first-order chi connectivity index (χ1) is 12.8. The van der Waals surface area contributed by atoms with Gasteiger partial charge in [-0.05, 0) is 24.1 Å². The Morgan fingerprint density at radius 3 is 2.57 bits per heavy atom. The zero-order valence-corrected chi connectivity index (χ0v) is 17.3. The van der Waals surface area contributed by atoms with Gasteiger partial charge < -0.3 is 15.4 Å². The summed E-state index contributed by atoms with van der Waals surface area (Å²) in [5, 5.41) is 4.15. The largest absolute Gasteiger partial charge is 0.490 e. The van der Waals surface area contributed by atoms with Gasteiger partial charge in [0.25, 0.3) is 0 Å². The standard InChI is InChI=1S/C20H27FN4O2.ClH/c1-13(2)19(22)20(26)25-8-6-16(7-9-25)27-18-5-4-15(21)10-17(18)14-11-23-24(3)12-14;/h4-5,10-13,16,19H,6-9,22H2,1-3H3;1H/t19-;/m0./s1. The SMILES string of the molecule is CC(C)[C@H](N)C(=O)N1CCC(Oc2ccc(F)cc2-c2cnn(C)c2)CC1.Cl. The van der Waals surface area contributed by atoms with Crippen molar-refractivity contribution in [3.05, 3.63) is 36.4 Å². The molecule has 0 saturated carbocycles. The van der Waals surface area contributed by atoms with Crippen molar-refractivity contribution in [2.45, 2.75) is 38.8 Å². The van der Waals surface area contributed by atoms with Crippen LogP contribution in [0.1, 0.15) is 26.7 Å². The minimum Gasteiger partial charge on any atom is -0.490 e. The van der Waals surface area contributed by atoms with E-state index in [9.17, 15) is 9.18 Å². The van der Waals surface area contributed by atoms with Crippen molar-refractivity contribution in [2.24, 2.45) is 18.7 Å². The first kappa shape index (κ1) is 22.2. The number of hydrogen-bond acceptors (Lipinski definition) is 4. The van der Waals surface area contributed by atoms with Crippen LogP contribution in [-0.2, 0) is 11.8 Å². The van der Waals surface area contributed by atoms with E-state index in [1.807, 2.05) is 32.0 Å². The number of carbonyl (C=O) groups is 1. The Labute approximate surface area is 171 Å². The lowest BCUT2D eigenvalue weighted by molar-refractivity contribution is -0.135. The molecule has 1 aliphatic heterocycles. The van der Waals surface area contributed by atoms with Crippen molar-refractivity contribution in [3.63, 3.8) is 0 Å². The van der Waals surface area contributed by atoms with Gasteiger partial charge >= 0.3 is 0 Å². The number of carbonyl (C=O) groups excluding carboxylic acids is 1. The molecule has 1 saturated heterocycles. The van der Waals surface area contributed by atoms with Crippen LogP contribution in [0.2, 0.25) is 0 Å². The second kappa shape index (κ2) is 9.39.